The maximum absolute atomic E-state index is 13.0. The first-order valence-electron chi connectivity index (χ1n) is 8.87. The third-order valence-electron chi connectivity index (χ3n) is 4.50. The summed E-state index contributed by atoms with van der Waals surface area (Å²) in [4.78, 5) is 26.7. The molecule has 0 unspecified atom stereocenters. The van der Waals surface area contributed by atoms with Gasteiger partial charge in [-0.15, -0.1) is 0 Å². The van der Waals surface area contributed by atoms with E-state index < -0.39 is 11.8 Å². The Labute approximate surface area is 187 Å². The molecule has 3 aromatic rings. The van der Waals surface area contributed by atoms with Crippen molar-refractivity contribution in [3.05, 3.63) is 81.5 Å². The van der Waals surface area contributed by atoms with Crippen molar-refractivity contribution in [1.29, 1.82) is 0 Å². The predicted molar refractivity (Wildman–Crippen MR) is 122 cm³/mol. The van der Waals surface area contributed by atoms with Gasteiger partial charge in [0.25, 0.3) is 11.8 Å². The molecule has 4 rings (SSSR count). The highest BCUT2D eigenvalue weighted by Crippen LogP contribution is 2.32. The Bertz CT molecular complexity index is 1220. The van der Waals surface area contributed by atoms with Gasteiger partial charge in [0.2, 0.25) is 0 Å². The lowest BCUT2D eigenvalue weighted by atomic mass is 10.1. The summed E-state index contributed by atoms with van der Waals surface area (Å²) in [6.45, 7) is 1.94. The number of nitrogens with one attached hydrogen (secondary N) is 1. The summed E-state index contributed by atoms with van der Waals surface area (Å²) in [5.41, 5.74) is 2.11. The van der Waals surface area contributed by atoms with E-state index in [1.807, 2.05) is 19.1 Å². The molecule has 0 aliphatic carbocycles. The zero-order valence-corrected chi connectivity index (χ0v) is 17.9. The van der Waals surface area contributed by atoms with E-state index >= 15 is 0 Å². The van der Waals surface area contributed by atoms with Crippen LogP contribution in [0.25, 0.3) is 17.4 Å². The van der Waals surface area contributed by atoms with Crippen molar-refractivity contribution in [1.82, 2.24) is 5.32 Å². The molecule has 5 nitrogen and oxygen atoms in total. The van der Waals surface area contributed by atoms with Crippen LogP contribution in [0.1, 0.15) is 11.3 Å². The highest BCUT2D eigenvalue weighted by Gasteiger charge is 2.34. The van der Waals surface area contributed by atoms with Crippen LogP contribution in [0.5, 0.6) is 0 Å². The number of halogens is 2. The minimum atomic E-state index is -0.591. The van der Waals surface area contributed by atoms with Crippen LogP contribution in [0.4, 0.5) is 5.69 Å². The highest BCUT2D eigenvalue weighted by atomic mass is 35.5. The first kappa shape index (κ1) is 20.3. The van der Waals surface area contributed by atoms with Gasteiger partial charge >= 0.3 is 0 Å². The van der Waals surface area contributed by atoms with Crippen LogP contribution in [0.3, 0.4) is 0 Å². The third-order valence-corrected chi connectivity index (χ3v) is 5.35. The number of carbonyl (C=O) groups excluding carboxylic acids is 2. The molecular formula is C22H14Cl2N2O3S. The second-order valence-electron chi connectivity index (χ2n) is 6.62. The molecule has 0 saturated carbocycles. The summed E-state index contributed by atoms with van der Waals surface area (Å²) in [6.07, 6.45) is 1.38. The SMILES string of the molecule is Cc1ccc(N2C(=O)/C(=C\c3ccc(-c4cc(Cl)ccc4Cl)o3)C(=O)NC2=S)cc1. The van der Waals surface area contributed by atoms with Crippen LogP contribution < -0.4 is 10.2 Å². The molecule has 150 valence electrons. The lowest BCUT2D eigenvalue weighted by Crippen LogP contribution is -2.54. The molecule has 0 radical (unpaired) electrons. The standard InChI is InChI=1S/C22H14Cl2N2O3S/c1-12-2-5-14(6-3-12)26-21(28)17(20(27)25-22(26)30)11-15-7-9-19(29-15)16-10-13(23)4-8-18(16)24/h2-11H,1H3,(H,25,27,30)/b17-11-. The summed E-state index contributed by atoms with van der Waals surface area (Å²) in [5.74, 6) is -0.349. The molecule has 2 amide bonds. The molecule has 2 aromatic carbocycles. The van der Waals surface area contributed by atoms with Gasteiger partial charge in [0.1, 0.15) is 17.1 Å². The molecule has 1 N–H and O–H groups in total. The summed E-state index contributed by atoms with van der Waals surface area (Å²) in [7, 11) is 0. The van der Waals surface area contributed by atoms with Gasteiger partial charge in [-0.05, 0) is 67.7 Å². The van der Waals surface area contributed by atoms with Crippen molar-refractivity contribution >= 4 is 64.1 Å². The number of aryl methyl sites for hydroxylation is 1. The van der Waals surface area contributed by atoms with Gasteiger partial charge in [0, 0.05) is 10.6 Å². The number of rotatable bonds is 3. The molecule has 1 fully saturated rings. The summed E-state index contributed by atoms with van der Waals surface area (Å²) < 4.78 is 5.79. The summed E-state index contributed by atoms with van der Waals surface area (Å²) >= 11 is 17.5. The molecule has 0 spiro atoms. The topological polar surface area (TPSA) is 62.6 Å². The van der Waals surface area contributed by atoms with E-state index in [1.54, 1.807) is 42.5 Å². The second kappa shape index (κ2) is 8.07. The number of hydrogen-bond acceptors (Lipinski definition) is 4. The average molecular weight is 457 g/mol. The number of thiocarbonyl (C=S) groups is 1. The first-order chi connectivity index (χ1) is 14.3. The molecule has 8 heteroatoms. The van der Waals surface area contributed by atoms with Crippen LogP contribution in [0, 0.1) is 6.92 Å². The minimum Gasteiger partial charge on any atom is -0.457 e. The fourth-order valence-electron chi connectivity index (χ4n) is 2.99. The Kier molecular flexibility index (Phi) is 5.47. The molecule has 0 bridgehead atoms. The lowest BCUT2D eigenvalue weighted by Gasteiger charge is -2.28. The quantitative estimate of drug-likeness (QED) is 0.325. The Morgan fingerprint density at radius 2 is 1.77 bits per heavy atom. The fraction of sp³-hybridized carbons (Fsp3) is 0.0455. The molecule has 1 aliphatic rings. The zero-order valence-electron chi connectivity index (χ0n) is 15.6. The Balaban J connectivity index is 1.69. The highest BCUT2D eigenvalue weighted by molar-refractivity contribution is 7.80. The van der Waals surface area contributed by atoms with Gasteiger partial charge in [-0.2, -0.15) is 0 Å². The van der Waals surface area contributed by atoms with E-state index in [4.69, 9.17) is 39.8 Å². The monoisotopic (exact) mass is 456 g/mol. The van der Waals surface area contributed by atoms with Crippen LogP contribution in [-0.4, -0.2) is 16.9 Å². The number of hydrogen-bond donors (Lipinski definition) is 1. The number of anilines is 1. The van der Waals surface area contributed by atoms with E-state index in [0.29, 0.717) is 32.8 Å². The lowest BCUT2D eigenvalue weighted by molar-refractivity contribution is -0.122. The Morgan fingerprint density at radius 3 is 2.50 bits per heavy atom. The zero-order chi connectivity index (χ0) is 21.4. The van der Waals surface area contributed by atoms with Crippen LogP contribution in [0.15, 0.2) is 64.6 Å². The minimum absolute atomic E-state index is 0.0249. The number of nitrogens with zero attached hydrogens (tertiary/aromatic N) is 1. The van der Waals surface area contributed by atoms with E-state index in [0.717, 1.165) is 5.56 Å². The van der Waals surface area contributed by atoms with E-state index in [1.165, 1.54) is 11.0 Å². The number of amides is 2. The predicted octanol–water partition coefficient (Wildman–Crippen LogP) is 5.39. The fourth-order valence-corrected chi connectivity index (χ4v) is 3.65. The number of carbonyl (C=O) groups is 2. The van der Waals surface area contributed by atoms with E-state index in [2.05, 4.69) is 5.32 Å². The maximum atomic E-state index is 13.0. The van der Waals surface area contributed by atoms with Gasteiger partial charge in [-0.1, -0.05) is 40.9 Å². The number of benzene rings is 2. The molecule has 30 heavy (non-hydrogen) atoms. The van der Waals surface area contributed by atoms with Crippen LogP contribution in [-0.2, 0) is 9.59 Å². The van der Waals surface area contributed by atoms with Gasteiger partial charge in [-0.3, -0.25) is 19.8 Å². The molecule has 1 saturated heterocycles. The Hall–Kier alpha value is -2.93. The van der Waals surface area contributed by atoms with Crippen LogP contribution >= 0.6 is 35.4 Å². The maximum Gasteiger partial charge on any atom is 0.270 e. The van der Waals surface area contributed by atoms with Crippen molar-refractivity contribution in [3.8, 4) is 11.3 Å². The van der Waals surface area contributed by atoms with Gasteiger partial charge in [0.15, 0.2) is 5.11 Å². The van der Waals surface area contributed by atoms with Crippen molar-refractivity contribution in [2.24, 2.45) is 0 Å². The largest absolute Gasteiger partial charge is 0.457 e. The Morgan fingerprint density at radius 1 is 1.03 bits per heavy atom. The van der Waals surface area contributed by atoms with E-state index in [9.17, 15) is 9.59 Å². The molecule has 2 heterocycles. The third kappa shape index (κ3) is 3.89. The first-order valence-corrected chi connectivity index (χ1v) is 10.0. The van der Waals surface area contributed by atoms with Gasteiger partial charge < -0.3 is 4.42 Å². The van der Waals surface area contributed by atoms with Gasteiger partial charge in [-0.25, -0.2) is 0 Å². The smallest absolute Gasteiger partial charge is 0.270 e. The van der Waals surface area contributed by atoms with Crippen molar-refractivity contribution in [3.63, 3.8) is 0 Å². The molecular weight excluding hydrogens is 443 g/mol. The number of furan rings is 1. The normalized spacial score (nSPS) is 15.6. The average Bonchev–Trinajstić information content (AvgIpc) is 3.17. The van der Waals surface area contributed by atoms with Crippen molar-refractivity contribution in [2.45, 2.75) is 6.92 Å². The molecule has 0 atom stereocenters. The van der Waals surface area contributed by atoms with Crippen molar-refractivity contribution in [2.75, 3.05) is 4.90 Å². The molecule has 1 aliphatic heterocycles. The van der Waals surface area contributed by atoms with Crippen LogP contribution in [0.2, 0.25) is 10.0 Å². The van der Waals surface area contributed by atoms with Crippen molar-refractivity contribution < 1.29 is 14.0 Å². The second-order valence-corrected chi connectivity index (χ2v) is 7.85. The summed E-state index contributed by atoms with van der Waals surface area (Å²) in [5, 5.41) is 3.55. The molecule has 1 aromatic heterocycles. The summed E-state index contributed by atoms with van der Waals surface area (Å²) in [6, 6.07) is 15.6. The van der Waals surface area contributed by atoms with Gasteiger partial charge in [0.05, 0.1) is 10.7 Å². The van der Waals surface area contributed by atoms with E-state index in [-0.39, 0.29) is 10.7 Å².